The van der Waals surface area contributed by atoms with Crippen molar-refractivity contribution in [3.8, 4) is 0 Å². The number of carbonyl (C=O) groups excluding carboxylic acids is 3. The monoisotopic (exact) mass is 389 g/mol. The number of aryl methyl sites for hydroxylation is 1. The van der Waals surface area contributed by atoms with Crippen LogP contribution in [0.2, 0.25) is 0 Å². The van der Waals surface area contributed by atoms with E-state index in [2.05, 4.69) is 10.3 Å². The molecule has 3 rings (SSSR count). The van der Waals surface area contributed by atoms with E-state index in [9.17, 15) is 14.4 Å². The van der Waals surface area contributed by atoms with Gasteiger partial charge in [-0.1, -0.05) is 26.0 Å². The molecule has 1 aliphatic carbocycles. The second-order valence-corrected chi connectivity index (χ2v) is 8.81. The largest absolute Gasteiger partial charge is 0.354 e. The molecule has 0 radical (unpaired) electrons. The van der Waals surface area contributed by atoms with Crippen LogP contribution in [0.15, 0.2) is 17.5 Å². The van der Waals surface area contributed by atoms with Crippen LogP contribution in [0.25, 0.3) is 0 Å². The highest BCUT2D eigenvalue weighted by atomic mass is 32.1. The van der Waals surface area contributed by atoms with E-state index in [1.165, 1.54) is 4.90 Å². The summed E-state index contributed by atoms with van der Waals surface area (Å²) in [7, 11) is 0. The highest BCUT2D eigenvalue weighted by Gasteiger charge is 2.51. The molecule has 1 saturated heterocycles. The lowest BCUT2D eigenvalue weighted by Crippen LogP contribution is -2.51. The van der Waals surface area contributed by atoms with Gasteiger partial charge in [-0.3, -0.25) is 19.3 Å². The molecule has 3 amide bonds. The molecule has 0 saturated carbocycles. The Hall–Kier alpha value is -2.02. The van der Waals surface area contributed by atoms with Crippen LogP contribution in [-0.2, 0) is 20.8 Å². The van der Waals surface area contributed by atoms with Crippen LogP contribution in [0.1, 0.15) is 43.8 Å². The summed E-state index contributed by atoms with van der Waals surface area (Å²) in [6.45, 7) is 6.39. The van der Waals surface area contributed by atoms with Crippen LogP contribution in [0.5, 0.6) is 0 Å². The SMILES string of the molecule is Cc1nc(CCNC(=O)[C@H](CC(C)C)N2C(=O)[C@@H]3CC=CC[C@H]3C2=O)cs1. The summed E-state index contributed by atoms with van der Waals surface area (Å²) in [5.41, 5.74) is 0.948. The molecule has 0 aromatic carbocycles. The molecule has 2 heterocycles. The smallest absolute Gasteiger partial charge is 0.243 e. The van der Waals surface area contributed by atoms with Crippen LogP contribution in [-0.4, -0.2) is 40.2 Å². The van der Waals surface area contributed by atoms with Crippen molar-refractivity contribution in [1.29, 1.82) is 0 Å². The van der Waals surface area contributed by atoms with Gasteiger partial charge in [0.15, 0.2) is 0 Å². The second kappa shape index (κ2) is 8.33. The van der Waals surface area contributed by atoms with E-state index in [4.69, 9.17) is 0 Å². The summed E-state index contributed by atoms with van der Waals surface area (Å²) in [6.07, 6.45) is 6.22. The van der Waals surface area contributed by atoms with Gasteiger partial charge in [-0.05, 0) is 32.1 Å². The first-order chi connectivity index (χ1) is 12.9. The number of hydrogen-bond donors (Lipinski definition) is 1. The number of rotatable bonds is 7. The lowest BCUT2D eigenvalue weighted by atomic mass is 9.85. The number of thiazole rings is 1. The predicted octanol–water partition coefficient (Wildman–Crippen LogP) is 2.48. The van der Waals surface area contributed by atoms with Crippen LogP contribution in [0, 0.1) is 24.7 Å². The highest BCUT2D eigenvalue weighted by Crippen LogP contribution is 2.37. The van der Waals surface area contributed by atoms with Gasteiger partial charge in [0.05, 0.1) is 22.5 Å². The highest BCUT2D eigenvalue weighted by molar-refractivity contribution is 7.09. The zero-order valence-corrected chi connectivity index (χ0v) is 16.9. The van der Waals surface area contributed by atoms with E-state index in [0.29, 0.717) is 32.2 Å². The topological polar surface area (TPSA) is 79.4 Å². The summed E-state index contributed by atoms with van der Waals surface area (Å²) >= 11 is 1.58. The van der Waals surface area contributed by atoms with E-state index in [1.54, 1.807) is 11.3 Å². The predicted molar refractivity (Wildman–Crippen MR) is 104 cm³/mol. The van der Waals surface area contributed by atoms with Crippen molar-refractivity contribution in [3.05, 3.63) is 28.2 Å². The van der Waals surface area contributed by atoms with Crippen molar-refractivity contribution in [2.45, 2.75) is 52.5 Å². The number of carbonyl (C=O) groups is 3. The maximum Gasteiger partial charge on any atom is 0.243 e. The number of aromatic nitrogens is 1. The number of likely N-dealkylation sites (tertiary alicyclic amines) is 1. The maximum absolute atomic E-state index is 12.9. The van der Waals surface area contributed by atoms with Gasteiger partial charge >= 0.3 is 0 Å². The Balaban J connectivity index is 1.68. The Morgan fingerprint density at radius 3 is 2.41 bits per heavy atom. The van der Waals surface area contributed by atoms with Gasteiger partial charge in [0.1, 0.15) is 6.04 Å². The van der Waals surface area contributed by atoms with E-state index >= 15 is 0 Å². The summed E-state index contributed by atoms with van der Waals surface area (Å²) < 4.78 is 0. The van der Waals surface area contributed by atoms with E-state index < -0.39 is 6.04 Å². The quantitative estimate of drug-likeness (QED) is 0.574. The Kier molecular flexibility index (Phi) is 6.09. The third kappa shape index (κ3) is 4.29. The fourth-order valence-electron chi connectivity index (χ4n) is 3.86. The van der Waals surface area contributed by atoms with Crippen molar-refractivity contribution in [1.82, 2.24) is 15.2 Å². The average Bonchev–Trinajstić information content (AvgIpc) is 3.15. The van der Waals surface area contributed by atoms with E-state index in [0.717, 1.165) is 10.7 Å². The molecule has 146 valence electrons. The third-order valence-corrected chi connectivity index (χ3v) is 6.02. The van der Waals surface area contributed by atoms with Crippen LogP contribution in [0.3, 0.4) is 0 Å². The standard InChI is InChI=1S/C20H27N3O3S/c1-12(2)10-17(18(24)21-9-8-14-11-27-13(3)22-14)23-19(25)15-6-4-5-7-16(15)20(23)26/h4-5,11-12,15-17H,6-10H2,1-3H3,(H,21,24)/t15-,16-,17+/m1/s1. The zero-order chi connectivity index (χ0) is 19.6. The molecule has 3 atom stereocenters. The molecule has 0 bridgehead atoms. The molecule has 7 heteroatoms. The molecule has 1 N–H and O–H groups in total. The molecule has 1 aliphatic heterocycles. The number of nitrogens with one attached hydrogen (secondary N) is 1. The number of imide groups is 1. The van der Waals surface area contributed by atoms with Crippen LogP contribution >= 0.6 is 11.3 Å². The molecule has 0 spiro atoms. The zero-order valence-electron chi connectivity index (χ0n) is 16.1. The molecule has 1 aromatic rings. The number of nitrogens with zero attached hydrogens (tertiary/aromatic N) is 2. The molecular formula is C20H27N3O3S. The lowest BCUT2D eigenvalue weighted by molar-refractivity contribution is -0.148. The Morgan fingerprint density at radius 2 is 1.89 bits per heavy atom. The van der Waals surface area contributed by atoms with Crippen LogP contribution in [0.4, 0.5) is 0 Å². The molecule has 6 nitrogen and oxygen atoms in total. The van der Waals surface area contributed by atoms with Gasteiger partial charge < -0.3 is 5.32 Å². The number of fused-ring (bicyclic) bond motifs is 1. The van der Waals surface area contributed by atoms with Crippen LogP contribution < -0.4 is 5.32 Å². The van der Waals surface area contributed by atoms with Crippen molar-refractivity contribution >= 4 is 29.1 Å². The van der Waals surface area contributed by atoms with Gasteiger partial charge in [-0.15, -0.1) is 11.3 Å². The number of hydrogen-bond acceptors (Lipinski definition) is 5. The maximum atomic E-state index is 12.9. The van der Waals surface area contributed by atoms with Gasteiger partial charge in [-0.25, -0.2) is 4.98 Å². The van der Waals surface area contributed by atoms with Gasteiger partial charge in [0.2, 0.25) is 17.7 Å². The van der Waals surface area contributed by atoms with Gasteiger partial charge in [-0.2, -0.15) is 0 Å². The molecule has 2 aliphatic rings. The average molecular weight is 390 g/mol. The molecule has 27 heavy (non-hydrogen) atoms. The normalized spacial score (nSPS) is 23.0. The second-order valence-electron chi connectivity index (χ2n) is 7.75. The Morgan fingerprint density at radius 1 is 1.26 bits per heavy atom. The number of allylic oxidation sites excluding steroid dienone is 2. The fourth-order valence-corrected chi connectivity index (χ4v) is 4.51. The minimum Gasteiger partial charge on any atom is -0.354 e. The van der Waals surface area contributed by atoms with Crippen molar-refractivity contribution in [2.24, 2.45) is 17.8 Å². The summed E-state index contributed by atoms with van der Waals surface area (Å²) in [5.74, 6) is -1.03. The molecule has 1 aromatic heterocycles. The van der Waals surface area contributed by atoms with E-state index in [-0.39, 0.29) is 35.5 Å². The van der Waals surface area contributed by atoms with Crippen molar-refractivity contribution < 1.29 is 14.4 Å². The molecular weight excluding hydrogens is 362 g/mol. The summed E-state index contributed by atoms with van der Waals surface area (Å²) in [6, 6.07) is -0.729. The van der Waals surface area contributed by atoms with Gasteiger partial charge in [0.25, 0.3) is 0 Å². The first kappa shape index (κ1) is 19.7. The van der Waals surface area contributed by atoms with Gasteiger partial charge in [0, 0.05) is 18.3 Å². The Bertz CT molecular complexity index is 729. The first-order valence-electron chi connectivity index (χ1n) is 9.59. The fraction of sp³-hybridized carbons (Fsp3) is 0.600. The minimum absolute atomic E-state index is 0.190. The Labute approximate surface area is 164 Å². The molecule has 0 unspecified atom stereocenters. The summed E-state index contributed by atoms with van der Waals surface area (Å²) in [4.78, 5) is 44.2. The third-order valence-electron chi connectivity index (χ3n) is 5.20. The lowest BCUT2D eigenvalue weighted by Gasteiger charge is -2.27. The van der Waals surface area contributed by atoms with Crippen molar-refractivity contribution in [2.75, 3.05) is 6.54 Å². The summed E-state index contributed by atoms with van der Waals surface area (Å²) in [5, 5.41) is 5.89. The minimum atomic E-state index is -0.729. The van der Waals surface area contributed by atoms with E-state index in [1.807, 2.05) is 38.3 Å². The number of amides is 3. The van der Waals surface area contributed by atoms with Crippen molar-refractivity contribution in [3.63, 3.8) is 0 Å². The first-order valence-corrected chi connectivity index (χ1v) is 10.5. The molecule has 1 fully saturated rings.